The Morgan fingerprint density at radius 2 is 2.33 bits per heavy atom. The van der Waals surface area contributed by atoms with Gasteiger partial charge in [0.15, 0.2) is 0 Å². The van der Waals surface area contributed by atoms with E-state index in [1.165, 1.54) is 0 Å². The van der Waals surface area contributed by atoms with Crippen LogP contribution in [0.5, 0.6) is 0 Å². The van der Waals surface area contributed by atoms with E-state index in [-0.39, 0.29) is 0 Å². The molecule has 0 unspecified atom stereocenters. The number of rotatable bonds is 1. The van der Waals surface area contributed by atoms with E-state index in [4.69, 9.17) is 5.73 Å². The fourth-order valence-corrected chi connectivity index (χ4v) is 0.118. The number of hydrogen-bond donors (Lipinski definition) is 1. The molecule has 0 amide bonds. The Bertz CT molecular complexity index is 72.0. The van der Waals surface area contributed by atoms with E-state index in [1.54, 1.807) is 12.2 Å². The maximum atomic E-state index is 5.22. The molecule has 0 saturated heterocycles. The van der Waals surface area contributed by atoms with Crippen molar-refractivity contribution < 1.29 is 0 Å². The Hall–Kier alpha value is -0.720. The average Bonchev–Trinajstić information content (AvgIpc) is 1.65. The molecule has 0 aromatic carbocycles. The Morgan fingerprint density at radius 3 is 2.33 bits per heavy atom. The number of nitrogens with two attached hydrogens (primary N) is 1. The molecular formula is C5H9N. The summed E-state index contributed by atoms with van der Waals surface area (Å²) in [5.41, 5.74) is 5.95. The largest absolute Gasteiger partial charge is 0.399 e. The lowest BCUT2D eigenvalue weighted by molar-refractivity contribution is 1.40. The van der Waals surface area contributed by atoms with Gasteiger partial charge in [-0.1, -0.05) is 12.7 Å². The number of allylic oxidation sites excluding steroid dienone is 2. The molecule has 0 aliphatic rings. The molecule has 6 heavy (non-hydrogen) atoms. The zero-order valence-electron chi connectivity index (χ0n) is 3.94. The zero-order chi connectivity index (χ0) is 4.99. The summed E-state index contributed by atoms with van der Waals surface area (Å²) in [6.07, 6.45) is 3.41. The summed E-state index contributed by atoms with van der Waals surface area (Å²) < 4.78 is 0. The molecule has 0 fully saturated rings. The summed E-state index contributed by atoms with van der Waals surface area (Å²) in [6, 6.07) is 0. The van der Waals surface area contributed by atoms with Crippen LogP contribution in [-0.2, 0) is 0 Å². The van der Waals surface area contributed by atoms with Crippen LogP contribution in [0.25, 0.3) is 0 Å². The van der Waals surface area contributed by atoms with Crippen molar-refractivity contribution in [1.29, 1.82) is 0 Å². The van der Waals surface area contributed by atoms with Gasteiger partial charge in [0.25, 0.3) is 0 Å². The Balaban J connectivity index is 3.50. The second-order valence-electron chi connectivity index (χ2n) is 0.993. The second kappa shape index (κ2) is 2.51. The molecule has 0 aliphatic heterocycles. The molecule has 0 saturated carbocycles. The van der Waals surface area contributed by atoms with Gasteiger partial charge in [0.2, 0.25) is 0 Å². The Kier molecular flexibility index (Phi) is 2.21. The van der Waals surface area contributed by atoms with E-state index in [2.05, 4.69) is 6.58 Å². The quantitative estimate of drug-likeness (QED) is 0.471. The van der Waals surface area contributed by atoms with E-state index in [0.717, 1.165) is 5.70 Å². The predicted molar refractivity (Wildman–Crippen MR) is 28.1 cm³/mol. The molecule has 1 nitrogen and oxygen atoms in total. The van der Waals surface area contributed by atoms with Crippen molar-refractivity contribution in [3.05, 3.63) is 24.4 Å². The topological polar surface area (TPSA) is 26.0 Å². The number of hydrogen-bond acceptors (Lipinski definition) is 1. The lowest BCUT2D eigenvalue weighted by Crippen LogP contribution is -1.88. The summed E-state index contributed by atoms with van der Waals surface area (Å²) in [7, 11) is 0. The van der Waals surface area contributed by atoms with Gasteiger partial charge in [-0.15, -0.1) is 0 Å². The van der Waals surface area contributed by atoms with Crippen molar-refractivity contribution in [3.8, 4) is 0 Å². The first-order valence-electron chi connectivity index (χ1n) is 1.85. The van der Waals surface area contributed by atoms with Gasteiger partial charge in [-0.2, -0.15) is 0 Å². The zero-order valence-corrected chi connectivity index (χ0v) is 3.94. The molecule has 0 aliphatic carbocycles. The molecule has 0 spiro atoms. The van der Waals surface area contributed by atoms with Gasteiger partial charge < -0.3 is 5.73 Å². The molecule has 0 aromatic heterocycles. The maximum absolute atomic E-state index is 5.22. The summed E-state index contributed by atoms with van der Waals surface area (Å²) in [5, 5.41) is 0. The molecule has 0 atom stereocenters. The van der Waals surface area contributed by atoms with Gasteiger partial charge in [0, 0.05) is 5.70 Å². The van der Waals surface area contributed by atoms with Crippen LogP contribution in [0.4, 0.5) is 0 Å². The summed E-state index contributed by atoms with van der Waals surface area (Å²) in [4.78, 5) is 0. The molecule has 0 bridgehead atoms. The van der Waals surface area contributed by atoms with Crippen molar-refractivity contribution in [2.24, 2.45) is 5.73 Å². The Morgan fingerprint density at radius 1 is 1.83 bits per heavy atom. The van der Waals surface area contributed by atoms with Crippen LogP contribution in [0.3, 0.4) is 0 Å². The van der Waals surface area contributed by atoms with Crippen LogP contribution in [0.15, 0.2) is 24.4 Å². The van der Waals surface area contributed by atoms with E-state index < -0.39 is 0 Å². The average molecular weight is 83.1 g/mol. The van der Waals surface area contributed by atoms with Crippen LogP contribution in [0.2, 0.25) is 0 Å². The standard InChI is InChI=1S/C5H9N/c1-3-5(6)4-2/h3-4H,1,6H2,2H3/b5-4-. The van der Waals surface area contributed by atoms with E-state index in [9.17, 15) is 0 Å². The normalized spacial score (nSPS) is 11.2. The van der Waals surface area contributed by atoms with Crippen molar-refractivity contribution in [3.63, 3.8) is 0 Å². The van der Waals surface area contributed by atoms with Crippen LogP contribution < -0.4 is 5.73 Å². The highest BCUT2D eigenvalue weighted by Crippen LogP contribution is 1.78. The van der Waals surface area contributed by atoms with Gasteiger partial charge >= 0.3 is 0 Å². The lowest BCUT2D eigenvalue weighted by atomic mass is 10.4. The van der Waals surface area contributed by atoms with Gasteiger partial charge in [-0.05, 0) is 13.0 Å². The molecule has 1 heteroatoms. The molecule has 0 rings (SSSR count). The first kappa shape index (κ1) is 5.28. The molecule has 0 aromatic rings. The highest BCUT2D eigenvalue weighted by molar-refractivity contribution is 5.09. The third kappa shape index (κ3) is 1.58. The molecule has 34 valence electrons. The van der Waals surface area contributed by atoms with Gasteiger partial charge in [-0.3, -0.25) is 0 Å². The molecular weight excluding hydrogens is 74.1 g/mol. The summed E-state index contributed by atoms with van der Waals surface area (Å²) in [6.45, 7) is 5.31. The van der Waals surface area contributed by atoms with Crippen molar-refractivity contribution in [2.45, 2.75) is 6.92 Å². The minimum Gasteiger partial charge on any atom is -0.399 e. The summed E-state index contributed by atoms with van der Waals surface area (Å²) >= 11 is 0. The fourth-order valence-electron chi connectivity index (χ4n) is 0.118. The van der Waals surface area contributed by atoms with Crippen LogP contribution >= 0.6 is 0 Å². The van der Waals surface area contributed by atoms with E-state index in [1.807, 2.05) is 6.92 Å². The monoisotopic (exact) mass is 83.1 g/mol. The highest BCUT2D eigenvalue weighted by Gasteiger charge is 1.66. The first-order chi connectivity index (χ1) is 2.81. The van der Waals surface area contributed by atoms with Crippen LogP contribution in [-0.4, -0.2) is 0 Å². The lowest BCUT2D eigenvalue weighted by Gasteiger charge is -1.80. The molecule has 2 N–H and O–H groups in total. The van der Waals surface area contributed by atoms with E-state index in [0.29, 0.717) is 0 Å². The van der Waals surface area contributed by atoms with Crippen LogP contribution in [0.1, 0.15) is 6.92 Å². The van der Waals surface area contributed by atoms with Gasteiger partial charge in [0.05, 0.1) is 0 Å². The highest BCUT2D eigenvalue weighted by atomic mass is 14.5. The minimum absolute atomic E-state index is 0.731. The Labute approximate surface area is 38.2 Å². The summed E-state index contributed by atoms with van der Waals surface area (Å²) in [5.74, 6) is 0. The second-order valence-corrected chi connectivity index (χ2v) is 0.993. The van der Waals surface area contributed by atoms with Crippen molar-refractivity contribution in [1.82, 2.24) is 0 Å². The first-order valence-corrected chi connectivity index (χ1v) is 1.85. The third-order valence-corrected chi connectivity index (χ3v) is 0.569. The molecule has 0 radical (unpaired) electrons. The van der Waals surface area contributed by atoms with Gasteiger partial charge in [0.1, 0.15) is 0 Å². The van der Waals surface area contributed by atoms with Crippen molar-refractivity contribution >= 4 is 0 Å². The smallest absolute Gasteiger partial charge is 0.0264 e. The minimum atomic E-state index is 0.731. The maximum Gasteiger partial charge on any atom is 0.0264 e. The van der Waals surface area contributed by atoms with E-state index >= 15 is 0 Å². The fraction of sp³-hybridized carbons (Fsp3) is 0.200. The molecule has 0 heterocycles. The van der Waals surface area contributed by atoms with Gasteiger partial charge in [-0.25, -0.2) is 0 Å². The SMILES string of the molecule is C=C/C(N)=C/C. The van der Waals surface area contributed by atoms with Crippen LogP contribution in [0, 0.1) is 0 Å². The third-order valence-electron chi connectivity index (χ3n) is 0.569. The van der Waals surface area contributed by atoms with Crippen molar-refractivity contribution in [2.75, 3.05) is 0 Å². The predicted octanol–water partition coefficient (Wildman–Crippen LogP) is 1.03.